The Morgan fingerprint density at radius 3 is 2.50 bits per heavy atom. The topological polar surface area (TPSA) is 92.9 Å². The lowest BCUT2D eigenvalue weighted by Crippen LogP contribution is -2.53. The van der Waals surface area contributed by atoms with Gasteiger partial charge in [0.15, 0.2) is 11.5 Å². The highest BCUT2D eigenvalue weighted by atomic mass is 16.5. The van der Waals surface area contributed by atoms with Gasteiger partial charge in [0.1, 0.15) is 0 Å². The number of rotatable bonds is 5. The molecule has 1 amide bonds. The molecule has 2 aromatic rings. The number of fused-ring (bicyclic) bond motifs is 1. The molecule has 0 spiro atoms. The highest BCUT2D eigenvalue weighted by Crippen LogP contribution is 2.42. The van der Waals surface area contributed by atoms with Crippen LogP contribution >= 0.6 is 0 Å². The first kappa shape index (κ1) is 18.1. The largest absolute Gasteiger partial charge is 0.493 e. The molecule has 26 heavy (non-hydrogen) atoms. The van der Waals surface area contributed by atoms with E-state index in [0.29, 0.717) is 53.3 Å². The summed E-state index contributed by atoms with van der Waals surface area (Å²) in [6, 6.07) is 3.21. The predicted octanol–water partition coefficient (Wildman–Crippen LogP) is 0.874. The maximum atomic E-state index is 12.6. The third kappa shape index (κ3) is 3.08. The van der Waals surface area contributed by atoms with Gasteiger partial charge in [-0.25, -0.2) is 0 Å². The Morgan fingerprint density at radius 2 is 1.85 bits per heavy atom. The molecule has 0 saturated carbocycles. The van der Waals surface area contributed by atoms with Crippen LogP contribution in [0.25, 0.3) is 10.9 Å². The summed E-state index contributed by atoms with van der Waals surface area (Å²) in [4.78, 5) is 29.3. The highest BCUT2D eigenvalue weighted by molar-refractivity contribution is 5.90. The Kier molecular flexibility index (Phi) is 5.03. The van der Waals surface area contributed by atoms with Crippen LogP contribution in [-0.2, 0) is 11.3 Å². The van der Waals surface area contributed by atoms with Gasteiger partial charge in [-0.3, -0.25) is 14.5 Å². The van der Waals surface area contributed by atoms with Crippen molar-refractivity contribution in [3.8, 4) is 17.2 Å². The van der Waals surface area contributed by atoms with Crippen molar-refractivity contribution < 1.29 is 19.0 Å². The van der Waals surface area contributed by atoms with E-state index in [1.165, 1.54) is 14.2 Å². The molecule has 1 aliphatic rings. The Hall–Kier alpha value is -2.74. The minimum absolute atomic E-state index is 0.0301. The molecular formula is C18H23N3O5. The van der Waals surface area contributed by atoms with Gasteiger partial charge in [-0.05, 0) is 13.0 Å². The number of carbonyl (C=O) groups excluding carboxylic acids is 1. The number of aromatic nitrogens is 1. The minimum atomic E-state index is -0.286. The fourth-order valence-electron chi connectivity index (χ4n) is 3.25. The van der Waals surface area contributed by atoms with Crippen LogP contribution in [0.4, 0.5) is 0 Å². The van der Waals surface area contributed by atoms with Gasteiger partial charge in [0, 0.05) is 36.7 Å². The molecule has 1 aromatic heterocycles. The Bertz CT molecular complexity index is 893. The number of nitrogens with zero attached hydrogens (tertiary/aromatic N) is 1. The number of pyridine rings is 1. The van der Waals surface area contributed by atoms with Crippen molar-refractivity contribution in [3.05, 3.63) is 28.0 Å². The number of piperazine rings is 1. The van der Waals surface area contributed by atoms with E-state index in [1.807, 2.05) is 11.8 Å². The smallest absolute Gasteiger partial charge is 0.252 e. The number of benzene rings is 1. The van der Waals surface area contributed by atoms with E-state index in [0.717, 1.165) is 0 Å². The van der Waals surface area contributed by atoms with Crippen molar-refractivity contribution in [3.63, 3.8) is 0 Å². The molecule has 140 valence electrons. The number of ether oxygens (including phenoxy) is 3. The average Bonchev–Trinajstić information content (AvgIpc) is 2.64. The van der Waals surface area contributed by atoms with Crippen LogP contribution in [0.3, 0.4) is 0 Å². The van der Waals surface area contributed by atoms with E-state index < -0.39 is 0 Å². The minimum Gasteiger partial charge on any atom is -0.493 e. The van der Waals surface area contributed by atoms with Crippen molar-refractivity contribution in [2.45, 2.75) is 19.5 Å². The van der Waals surface area contributed by atoms with Gasteiger partial charge < -0.3 is 24.5 Å². The average molecular weight is 361 g/mol. The zero-order valence-corrected chi connectivity index (χ0v) is 15.3. The van der Waals surface area contributed by atoms with Gasteiger partial charge in [-0.15, -0.1) is 0 Å². The first-order valence-electron chi connectivity index (χ1n) is 8.36. The lowest BCUT2D eigenvalue weighted by molar-refractivity contribution is -0.128. The summed E-state index contributed by atoms with van der Waals surface area (Å²) in [5, 5.41) is 3.54. The number of H-pyrrole nitrogens is 1. The molecule has 8 heteroatoms. The summed E-state index contributed by atoms with van der Waals surface area (Å²) in [6.07, 6.45) is 0. The second-order valence-corrected chi connectivity index (χ2v) is 6.17. The zero-order valence-electron chi connectivity index (χ0n) is 15.3. The van der Waals surface area contributed by atoms with E-state index in [1.54, 1.807) is 19.2 Å². The quantitative estimate of drug-likeness (QED) is 0.821. The first-order chi connectivity index (χ1) is 12.5. The number of carbonyl (C=O) groups is 1. The molecule has 0 radical (unpaired) electrons. The van der Waals surface area contributed by atoms with Crippen LogP contribution < -0.4 is 25.1 Å². The molecule has 1 aromatic carbocycles. The second kappa shape index (κ2) is 7.25. The lowest BCUT2D eigenvalue weighted by atomic mass is 10.1. The van der Waals surface area contributed by atoms with Gasteiger partial charge >= 0.3 is 0 Å². The fourth-order valence-corrected chi connectivity index (χ4v) is 3.25. The fraction of sp³-hybridized carbons (Fsp3) is 0.444. The predicted molar refractivity (Wildman–Crippen MR) is 97.1 cm³/mol. The van der Waals surface area contributed by atoms with E-state index in [-0.39, 0.29) is 17.5 Å². The van der Waals surface area contributed by atoms with Crippen LogP contribution in [0.5, 0.6) is 17.2 Å². The molecule has 0 bridgehead atoms. The van der Waals surface area contributed by atoms with Crippen LogP contribution in [0.1, 0.15) is 12.5 Å². The maximum Gasteiger partial charge on any atom is 0.252 e. The van der Waals surface area contributed by atoms with Crippen LogP contribution in [0.15, 0.2) is 16.9 Å². The Morgan fingerprint density at radius 1 is 1.12 bits per heavy atom. The van der Waals surface area contributed by atoms with Gasteiger partial charge in [-0.2, -0.15) is 0 Å². The second-order valence-electron chi connectivity index (χ2n) is 6.17. The number of hydrogen-bond acceptors (Lipinski definition) is 6. The molecule has 8 nitrogen and oxygen atoms in total. The molecule has 2 heterocycles. The molecule has 1 saturated heterocycles. The number of methoxy groups -OCH3 is 3. The van der Waals surface area contributed by atoms with Gasteiger partial charge in [0.2, 0.25) is 11.7 Å². The molecule has 0 aliphatic carbocycles. The van der Waals surface area contributed by atoms with Crippen LogP contribution in [0, 0.1) is 0 Å². The molecule has 3 rings (SSSR count). The molecule has 1 fully saturated rings. The van der Waals surface area contributed by atoms with E-state index in [9.17, 15) is 9.59 Å². The normalized spacial score (nSPS) is 17.8. The van der Waals surface area contributed by atoms with Crippen molar-refractivity contribution in [2.24, 2.45) is 0 Å². The van der Waals surface area contributed by atoms with Crippen molar-refractivity contribution in [1.29, 1.82) is 0 Å². The number of amides is 1. The third-order valence-electron chi connectivity index (χ3n) is 4.73. The highest BCUT2D eigenvalue weighted by Gasteiger charge is 2.26. The summed E-state index contributed by atoms with van der Waals surface area (Å²) in [7, 11) is 4.60. The van der Waals surface area contributed by atoms with Crippen LogP contribution in [-0.4, -0.2) is 56.3 Å². The lowest BCUT2D eigenvalue weighted by Gasteiger charge is -2.32. The molecule has 1 atom stereocenters. The first-order valence-corrected chi connectivity index (χ1v) is 8.36. The summed E-state index contributed by atoms with van der Waals surface area (Å²) < 4.78 is 16.2. The summed E-state index contributed by atoms with van der Waals surface area (Å²) in [5.41, 5.74) is 0.951. The Labute approximate surface area is 151 Å². The summed E-state index contributed by atoms with van der Waals surface area (Å²) in [6.45, 7) is 3.46. The third-order valence-corrected chi connectivity index (χ3v) is 4.73. The molecular weight excluding hydrogens is 338 g/mol. The standard InChI is InChI=1S/C18H23N3O5/c1-10-17(22)19-5-6-21(10)9-11-7-12-13(20-18(11)23)8-14(24-2)16(26-4)15(12)25-3/h7-8,10H,5-6,9H2,1-4H3,(H,19,22)(H,20,23). The maximum absolute atomic E-state index is 12.6. The summed E-state index contributed by atoms with van der Waals surface area (Å²) >= 11 is 0. The van der Waals surface area contributed by atoms with E-state index >= 15 is 0 Å². The summed E-state index contributed by atoms with van der Waals surface area (Å²) in [5.74, 6) is 1.40. The monoisotopic (exact) mass is 361 g/mol. The van der Waals surface area contributed by atoms with Gasteiger partial charge in [-0.1, -0.05) is 0 Å². The van der Waals surface area contributed by atoms with Crippen LogP contribution in [0.2, 0.25) is 0 Å². The van der Waals surface area contributed by atoms with Gasteiger partial charge in [0.25, 0.3) is 5.56 Å². The van der Waals surface area contributed by atoms with E-state index in [2.05, 4.69) is 10.3 Å². The number of hydrogen-bond donors (Lipinski definition) is 2. The number of aromatic amines is 1. The van der Waals surface area contributed by atoms with Crippen molar-refractivity contribution in [2.75, 3.05) is 34.4 Å². The van der Waals surface area contributed by atoms with E-state index in [4.69, 9.17) is 14.2 Å². The SMILES string of the molecule is COc1cc2[nH]c(=O)c(CN3CCNC(=O)C3C)cc2c(OC)c1OC. The Balaban J connectivity index is 2.09. The molecule has 1 unspecified atom stereocenters. The van der Waals surface area contributed by atoms with Crippen molar-refractivity contribution in [1.82, 2.24) is 15.2 Å². The molecule has 2 N–H and O–H groups in total. The number of nitrogens with one attached hydrogen (secondary N) is 2. The zero-order chi connectivity index (χ0) is 18.8. The van der Waals surface area contributed by atoms with Crippen molar-refractivity contribution >= 4 is 16.8 Å². The molecule has 1 aliphatic heterocycles. The van der Waals surface area contributed by atoms with Gasteiger partial charge in [0.05, 0.1) is 32.9 Å².